The van der Waals surface area contributed by atoms with Gasteiger partial charge in [-0.25, -0.2) is 0 Å². The van der Waals surface area contributed by atoms with Gasteiger partial charge in [0, 0.05) is 23.7 Å². The zero-order chi connectivity index (χ0) is 24.0. The predicted molar refractivity (Wildman–Crippen MR) is 125 cm³/mol. The number of ether oxygens (including phenoxy) is 1. The maximum absolute atomic E-state index is 12.2. The molecule has 0 saturated carbocycles. The topological polar surface area (TPSA) is 106 Å². The molecular formula is C24H27ClN4O4. The molecule has 33 heavy (non-hydrogen) atoms. The molecule has 0 spiro atoms. The first-order valence-corrected chi connectivity index (χ1v) is 10.9. The van der Waals surface area contributed by atoms with Gasteiger partial charge in [0.25, 0.3) is 5.91 Å². The van der Waals surface area contributed by atoms with Gasteiger partial charge in [-0.15, -0.1) is 0 Å². The van der Waals surface area contributed by atoms with E-state index in [1.54, 1.807) is 18.2 Å². The summed E-state index contributed by atoms with van der Waals surface area (Å²) in [6, 6.07) is 13.0. The van der Waals surface area contributed by atoms with E-state index in [4.69, 9.17) is 20.9 Å². The first kappa shape index (κ1) is 24.3. The summed E-state index contributed by atoms with van der Waals surface area (Å²) in [4.78, 5) is 28.3. The normalized spacial score (nSPS) is 11.2. The van der Waals surface area contributed by atoms with Gasteiger partial charge >= 0.3 is 11.8 Å². The van der Waals surface area contributed by atoms with E-state index in [1.165, 1.54) is 5.56 Å². The second-order valence-corrected chi connectivity index (χ2v) is 8.96. The lowest BCUT2D eigenvalue weighted by Crippen LogP contribution is -2.36. The molecule has 1 aromatic heterocycles. The number of hydrogen-bond acceptors (Lipinski definition) is 6. The van der Waals surface area contributed by atoms with Crippen LogP contribution in [0.1, 0.15) is 42.6 Å². The number of benzene rings is 2. The van der Waals surface area contributed by atoms with Crippen molar-refractivity contribution in [2.75, 3.05) is 19.7 Å². The molecule has 0 fully saturated rings. The lowest BCUT2D eigenvalue weighted by atomic mass is 9.87. The van der Waals surface area contributed by atoms with Crippen LogP contribution in [-0.2, 0) is 10.2 Å². The van der Waals surface area contributed by atoms with Crippen molar-refractivity contribution in [2.45, 2.75) is 33.1 Å². The lowest BCUT2D eigenvalue weighted by molar-refractivity contribution is -0.123. The second-order valence-electron chi connectivity index (χ2n) is 8.56. The Morgan fingerprint density at radius 2 is 1.76 bits per heavy atom. The highest BCUT2D eigenvalue weighted by molar-refractivity contribution is 6.31. The summed E-state index contributed by atoms with van der Waals surface area (Å²) in [7, 11) is 0. The van der Waals surface area contributed by atoms with Crippen molar-refractivity contribution >= 4 is 23.4 Å². The molecule has 1 heterocycles. The van der Waals surface area contributed by atoms with Gasteiger partial charge in [0.05, 0.1) is 0 Å². The Hall–Kier alpha value is -3.39. The third-order valence-electron chi connectivity index (χ3n) is 4.86. The van der Waals surface area contributed by atoms with Gasteiger partial charge in [-0.05, 0) is 41.7 Å². The van der Waals surface area contributed by atoms with Crippen molar-refractivity contribution in [3.63, 3.8) is 0 Å². The molecule has 3 aromatic rings. The number of aryl methyl sites for hydroxylation is 1. The number of hydrogen-bond donors (Lipinski definition) is 2. The number of rotatable bonds is 8. The SMILES string of the molecule is Cc1cc(OCC(=O)NCCNC(=O)c2nc(-c3ccc(C(C)(C)C)cc3)no2)ccc1Cl. The number of nitrogens with zero attached hydrogens (tertiary/aromatic N) is 2. The highest BCUT2D eigenvalue weighted by Gasteiger charge is 2.17. The zero-order valence-electron chi connectivity index (χ0n) is 19.1. The van der Waals surface area contributed by atoms with Gasteiger partial charge in [-0.2, -0.15) is 4.98 Å². The smallest absolute Gasteiger partial charge is 0.316 e. The first-order valence-electron chi connectivity index (χ1n) is 10.5. The van der Waals surface area contributed by atoms with E-state index in [0.717, 1.165) is 11.1 Å². The van der Waals surface area contributed by atoms with E-state index in [9.17, 15) is 9.59 Å². The number of amides is 2. The number of carbonyl (C=O) groups is 2. The summed E-state index contributed by atoms with van der Waals surface area (Å²) < 4.78 is 10.5. The van der Waals surface area contributed by atoms with Gasteiger partial charge in [0.15, 0.2) is 6.61 Å². The van der Waals surface area contributed by atoms with Crippen LogP contribution in [0, 0.1) is 6.92 Å². The summed E-state index contributed by atoms with van der Waals surface area (Å²) in [6.07, 6.45) is 0. The van der Waals surface area contributed by atoms with Gasteiger partial charge < -0.3 is 19.9 Å². The van der Waals surface area contributed by atoms with Crippen molar-refractivity contribution in [1.29, 1.82) is 0 Å². The number of halogens is 1. The molecule has 8 nitrogen and oxygen atoms in total. The quantitative estimate of drug-likeness (QED) is 0.483. The summed E-state index contributed by atoms with van der Waals surface area (Å²) in [5.41, 5.74) is 2.85. The Balaban J connectivity index is 1.41. The van der Waals surface area contributed by atoms with Crippen LogP contribution in [0.3, 0.4) is 0 Å². The van der Waals surface area contributed by atoms with E-state index in [1.807, 2.05) is 31.2 Å². The van der Waals surface area contributed by atoms with E-state index in [0.29, 0.717) is 16.6 Å². The Bertz CT molecular complexity index is 1120. The lowest BCUT2D eigenvalue weighted by Gasteiger charge is -2.18. The molecule has 0 atom stereocenters. The minimum atomic E-state index is -0.512. The highest BCUT2D eigenvalue weighted by Crippen LogP contribution is 2.25. The average Bonchev–Trinajstić information content (AvgIpc) is 3.27. The van der Waals surface area contributed by atoms with Crippen LogP contribution in [0.15, 0.2) is 47.0 Å². The van der Waals surface area contributed by atoms with Gasteiger partial charge in [0.1, 0.15) is 5.75 Å². The monoisotopic (exact) mass is 470 g/mol. The van der Waals surface area contributed by atoms with Gasteiger partial charge in [-0.1, -0.05) is 61.8 Å². The van der Waals surface area contributed by atoms with Crippen LogP contribution in [0.25, 0.3) is 11.4 Å². The van der Waals surface area contributed by atoms with E-state index in [-0.39, 0.29) is 36.9 Å². The maximum Gasteiger partial charge on any atom is 0.316 e. The Kier molecular flexibility index (Phi) is 7.71. The molecule has 0 aliphatic carbocycles. The summed E-state index contributed by atoms with van der Waals surface area (Å²) in [5, 5.41) is 9.81. The van der Waals surface area contributed by atoms with Crippen LogP contribution in [0.2, 0.25) is 5.02 Å². The fourth-order valence-electron chi connectivity index (χ4n) is 2.91. The van der Waals surface area contributed by atoms with Gasteiger partial charge in [-0.3, -0.25) is 9.59 Å². The van der Waals surface area contributed by atoms with Crippen LogP contribution in [0.4, 0.5) is 0 Å². The van der Waals surface area contributed by atoms with E-state index in [2.05, 4.69) is 41.5 Å². The minimum absolute atomic E-state index is 0.0389. The fraction of sp³-hybridized carbons (Fsp3) is 0.333. The average molecular weight is 471 g/mol. The fourth-order valence-corrected chi connectivity index (χ4v) is 3.03. The molecule has 0 bridgehead atoms. The van der Waals surface area contributed by atoms with E-state index >= 15 is 0 Å². The molecule has 0 aliphatic heterocycles. The molecular weight excluding hydrogens is 444 g/mol. The standard InChI is InChI=1S/C24H27ClN4O4/c1-15-13-18(9-10-19(15)25)32-14-20(30)26-11-12-27-22(31)23-28-21(29-33-23)16-5-7-17(8-6-16)24(2,3)4/h5-10,13H,11-12,14H2,1-4H3,(H,26,30)(H,27,31). The maximum atomic E-state index is 12.2. The molecule has 0 aliphatic rings. The number of carbonyl (C=O) groups excluding carboxylic acids is 2. The molecule has 2 amide bonds. The summed E-state index contributed by atoms with van der Waals surface area (Å²) >= 11 is 5.97. The van der Waals surface area contributed by atoms with Crippen molar-refractivity contribution in [1.82, 2.24) is 20.8 Å². The van der Waals surface area contributed by atoms with E-state index < -0.39 is 5.91 Å². The first-order chi connectivity index (χ1) is 15.6. The third kappa shape index (κ3) is 6.79. The van der Waals surface area contributed by atoms with Crippen molar-refractivity contribution < 1.29 is 18.8 Å². The predicted octanol–water partition coefficient (Wildman–Crippen LogP) is 3.92. The van der Waals surface area contributed by atoms with Crippen LogP contribution < -0.4 is 15.4 Å². The van der Waals surface area contributed by atoms with Crippen molar-refractivity contribution in [2.24, 2.45) is 0 Å². The molecule has 0 unspecified atom stereocenters. The Morgan fingerprint density at radius 3 is 2.42 bits per heavy atom. The highest BCUT2D eigenvalue weighted by atomic mass is 35.5. The number of aromatic nitrogens is 2. The van der Waals surface area contributed by atoms with Gasteiger partial charge in [0.2, 0.25) is 5.82 Å². The molecule has 9 heteroatoms. The second kappa shape index (κ2) is 10.5. The molecule has 0 saturated heterocycles. The minimum Gasteiger partial charge on any atom is -0.484 e. The molecule has 2 aromatic carbocycles. The van der Waals surface area contributed by atoms with Crippen molar-refractivity contribution in [3.8, 4) is 17.1 Å². The van der Waals surface area contributed by atoms with Crippen LogP contribution >= 0.6 is 11.6 Å². The summed E-state index contributed by atoms with van der Waals surface area (Å²) in [6.45, 7) is 8.53. The molecule has 3 rings (SSSR count). The number of nitrogens with one attached hydrogen (secondary N) is 2. The Morgan fingerprint density at radius 1 is 1.06 bits per heavy atom. The molecule has 0 radical (unpaired) electrons. The largest absolute Gasteiger partial charge is 0.484 e. The van der Waals surface area contributed by atoms with Crippen LogP contribution in [0.5, 0.6) is 5.75 Å². The van der Waals surface area contributed by atoms with Crippen LogP contribution in [-0.4, -0.2) is 41.7 Å². The van der Waals surface area contributed by atoms with Crippen molar-refractivity contribution in [3.05, 3.63) is 64.5 Å². The Labute approximate surface area is 197 Å². The third-order valence-corrected chi connectivity index (χ3v) is 5.29. The molecule has 2 N–H and O–H groups in total. The summed E-state index contributed by atoms with van der Waals surface area (Å²) in [5.74, 6) is -0.0698. The molecule has 174 valence electrons. The zero-order valence-corrected chi connectivity index (χ0v) is 19.8.